The molecule has 2 N–H and O–H groups in total. The predicted octanol–water partition coefficient (Wildman–Crippen LogP) is -1.34. The van der Waals surface area contributed by atoms with Gasteiger partial charge in [-0.25, -0.2) is 21.6 Å². The third kappa shape index (κ3) is 4.45. The lowest BCUT2D eigenvalue weighted by molar-refractivity contribution is 0.453. The maximum absolute atomic E-state index is 11.5. The fourth-order valence-corrected chi connectivity index (χ4v) is 5.01. The van der Waals surface area contributed by atoms with Gasteiger partial charge in [0.15, 0.2) is 14.9 Å². The van der Waals surface area contributed by atoms with Crippen molar-refractivity contribution in [2.45, 2.75) is 18.9 Å². The molecule has 90 valence electrons. The van der Waals surface area contributed by atoms with Crippen LogP contribution in [0.1, 0.15) is 13.3 Å². The number of hydrogen-bond acceptors (Lipinski definition) is 5. The highest BCUT2D eigenvalue weighted by Crippen LogP contribution is 2.14. The fraction of sp³-hybridized carbons (Fsp3) is 1.00. The molecule has 8 heteroatoms. The van der Waals surface area contributed by atoms with Gasteiger partial charge >= 0.3 is 0 Å². The molecule has 1 fully saturated rings. The van der Waals surface area contributed by atoms with Gasteiger partial charge in [-0.2, -0.15) is 0 Å². The predicted molar refractivity (Wildman–Crippen MR) is 57.7 cm³/mol. The molecule has 1 aliphatic rings. The van der Waals surface area contributed by atoms with Gasteiger partial charge in [-0.1, -0.05) is 0 Å². The molecule has 0 bridgehead atoms. The Bertz CT molecular complexity index is 420. The summed E-state index contributed by atoms with van der Waals surface area (Å²) >= 11 is 0. The molecule has 0 aromatic rings. The summed E-state index contributed by atoms with van der Waals surface area (Å²) in [6.07, 6.45) is 1.57. The minimum absolute atomic E-state index is 0.524. The van der Waals surface area contributed by atoms with Crippen molar-refractivity contribution in [3.63, 3.8) is 0 Å². The smallest absolute Gasteiger partial charge is 0.226 e. The van der Waals surface area contributed by atoms with E-state index in [1.54, 1.807) is 6.92 Å². The summed E-state index contributed by atoms with van der Waals surface area (Å²) in [6.45, 7) is 3.01. The SMILES string of the molecule is CC1(NS(=O)(=O)CS(C)(=O)=O)CCNC1. The minimum Gasteiger partial charge on any atom is -0.315 e. The lowest BCUT2D eigenvalue weighted by Gasteiger charge is -2.23. The van der Waals surface area contributed by atoms with Crippen molar-refractivity contribution < 1.29 is 16.8 Å². The summed E-state index contributed by atoms with van der Waals surface area (Å²) in [7, 11) is -7.28. The molecular weight excluding hydrogens is 240 g/mol. The molecule has 0 aliphatic carbocycles. The standard InChI is InChI=1S/C7H16N2O4S2/c1-7(3-4-8-5-7)9-15(12,13)6-14(2,10)11/h8-9H,3-6H2,1-2H3. The normalized spacial score (nSPS) is 28.1. The Balaban J connectivity index is 2.72. The van der Waals surface area contributed by atoms with Crippen molar-refractivity contribution in [1.82, 2.24) is 10.0 Å². The highest BCUT2D eigenvalue weighted by atomic mass is 32.3. The summed E-state index contributed by atoms with van der Waals surface area (Å²) in [6, 6.07) is 0. The van der Waals surface area contributed by atoms with Gasteiger partial charge in [0, 0.05) is 18.3 Å². The zero-order valence-corrected chi connectivity index (χ0v) is 10.4. The van der Waals surface area contributed by atoms with Crippen molar-refractivity contribution in [2.75, 3.05) is 24.4 Å². The Morgan fingerprint density at radius 1 is 1.33 bits per heavy atom. The number of sulfone groups is 1. The van der Waals surface area contributed by atoms with Crippen LogP contribution in [-0.2, 0) is 19.9 Å². The average Bonchev–Trinajstić information content (AvgIpc) is 2.27. The van der Waals surface area contributed by atoms with Crippen LogP contribution in [0.15, 0.2) is 0 Å². The largest absolute Gasteiger partial charge is 0.315 e. The molecule has 0 radical (unpaired) electrons. The molecule has 0 spiro atoms. The third-order valence-electron chi connectivity index (χ3n) is 2.14. The maximum Gasteiger partial charge on any atom is 0.226 e. The van der Waals surface area contributed by atoms with Gasteiger partial charge in [0.05, 0.1) is 0 Å². The van der Waals surface area contributed by atoms with Gasteiger partial charge in [-0.15, -0.1) is 0 Å². The molecule has 6 nitrogen and oxygen atoms in total. The van der Waals surface area contributed by atoms with E-state index < -0.39 is 30.5 Å². The second-order valence-electron chi connectivity index (χ2n) is 4.25. The molecule has 0 amide bonds. The first-order valence-electron chi connectivity index (χ1n) is 4.52. The zero-order chi connectivity index (χ0) is 11.7. The summed E-state index contributed by atoms with van der Waals surface area (Å²) in [5, 5.41) is 2.17. The third-order valence-corrected chi connectivity index (χ3v) is 5.90. The Hall–Kier alpha value is -0.180. The topological polar surface area (TPSA) is 92.3 Å². The van der Waals surface area contributed by atoms with Crippen LogP contribution in [0, 0.1) is 0 Å². The van der Waals surface area contributed by atoms with E-state index in [4.69, 9.17) is 0 Å². The van der Waals surface area contributed by atoms with E-state index in [1.807, 2.05) is 0 Å². The van der Waals surface area contributed by atoms with Crippen molar-refractivity contribution in [3.05, 3.63) is 0 Å². The van der Waals surface area contributed by atoms with Crippen LogP contribution >= 0.6 is 0 Å². The maximum atomic E-state index is 11.5. The highest BCUT2D eigenvalue weighted by Gasteiger charge is 2.33. The Kier molecular flexibility index (Phi) is 3.44. The van der Waals surface area contributed by atoms with Crippen molar-refractivity contribution in [3.8, 4) is 0 Å². The number of hydrogen-bond donors (Lipinski definition) is 2. The van der Waals surface area contributed by atoms with Crippen LogP contribution in [0.2, 0.25) is 0 Å². The van der Waals surface area contributed by atoms with E-state index in [9.17, 15) is 16.8 Å². The van der Waals surface area contributed by atoms with E-state index in [0.29, 0.717) is 13.0 Å². The Morgan fingerprint density at radius 2 is 1.93 bits per heavy atom. The molecule has 1 rings (SSSR count). The van der Waals surface area contributed by atoms with Gasteiger partial charge in [0.25, 0.3) is 0 Å². The van der Waals surface area contributed by atoms with Gasteiger partial charge in [-0.05, 0) is 19.9 Å². The fourth-order valence-electron chi connectivity index (χ4n) is 1.59. The van der Waals surface area contributed by atoms with Crippen LogP contribution in [-0.4, -0.2) is 46.8 Å². The molecule has 15 heavy (non-hydrogen) atoms. The van der Waals surface area contributed by atoms with Crippen molar-refractivity contribution in [1.29, 1.82) is 0 Å². The molecule has 0 aromatic heterocycles. The summed E-state index contributed by atoms with van der Waals surface area (Å²) < 4.78 is 47.2. The average molecular weight is 256 g/mol. The molecule has 1 unspecified atom stereocenters. The Labute approximate surface area is 90.4 Å². The number of nitrogens with one attached hydrogen (secondary N) is 2. The lowest BCUT2D eigenvalue weighted by atomic mass is 10.0. The second kappa shape index (κ2) is 4.00. The molecule has 1 atom stereocenters. The molecule has 0 saturated carbocycles. The van der Waals surface area contributed by atoms with E-state index in [2.05, 4.69) is 10.0 Å². The first-order valence-corrected chi connectivity index (χ1v) is 8.23. The summed E-state index contributed by atoms with van der Waals surface area (Å²) in [4.78, 5) is 0. The first kappa shape index (κ1) is 12.9. The van der Waals surface area contributed by atoms with Gasteiger partial charge in [0.2, 0.25) is 10.0 Å². The monoisotopic (exact) mass is 256 g/mol. The number of sulfonamides is 1. The van der Waals surface area contributed by atoms with Crippen LogP contribution in [0.25, 0.3) is 0 Å². The van der Waals surface area contributed by atoms with E-state index in [0.717, 1.165) is 12.8 Å². The molecule has 1 saturated heterocycles. The molecule has 0 aromatic carbocycles. The van der Waals surface area contributed by atoms with Gasteiger partial charge < -0.3 is 5.32 Å². The molecule has 1 heterocycles. The van der Waals surface area contributed by atoms with E-state index >= 15 is 0 Å². The van der Waals surface area contributed by atoms with Crippen LogP contribution in [0.5, 0.6) is 0 Å². The highest BCUT2D eigenvalue weighted by molar-refractivity contribution is 8.06. The number of rotatable bonds is 4. The quantitative estimate of drug-likeness (QED) is 0.649. The Morgan fingerprint density at radius 3 is 2.33 bits per heavy atom. The zero-order valence-electron chi connectivity index (χ0n) is 8.78. The van der Waals surface area contributed by atoms with E-state index in [1.165, 1.54) is 0 Å². The minimum atomic E-state index is -3.76. The molecule has 1 aliphatic heterocycles. The van der Waals surface area contributed by atoms with Crippen LogP contribution in [0.4, 0.5) is 0 Å². The van der Waals surface area contributed by atoms with Crippen LogP contribution in [0.3, 0.4) is 0 Å². The van der Waals surface area contributed by atoms with Gasteiger partial charge in [-0.3, -0.25) is 0 Å². The van der Waals surface area contributed by atoms with Gasteiger partial charge in [0.1, 0.15) is 0 Å². The van der Waals surface area contributed by atoms with Crippen LogP contribution < -0.4 is 10.0 Å². The molecular formula is C7H16N2O4S2. The summed E-state index contributed by atoms with van der Waals surface area (Å²) in [5.74, 6) is 0. The van der Waals surface area contributed by atoms with Crippen molar-refractivity contribution in [2.24, 2.45) is 0 Å². The lowest BCUT2D eigenvalue weighted by Crippen LogP contribution is -2.48. The summed E-state index contributed by atoms with van der Waals surface area (Å²) in [5.41, 5.74) is -0.566. The van der Waals surface area contributed by atoms with E-state index in [-0.39, 0.29) is 0 Å². The second-order valence-corrected chi connectivity index (χ2v) is 8.48. The first-order chi connectivity index (χ1) is 6.62. The van der Waals surface area contributed by atoms with Crippen molar-refractivity contribution >= 4 is 19.9 Å².